The first kappa shape index (κ1) is 13.3. The molecule has 1 unspecified atom stereocenters. The van der Waals surface area contributed by atoms with Crippen LogP contribution in [0.5, 0.6) is 0 Å². The molecule has 18 heavy (non-hydrogen) atoms. The average molecular weight is 263 g/mol. The minimum absolute atomic E-state index is 0.364. The van der Waals surface area contributed by atoms with Gasteiger partial charge in [-0.25, -0.2) is 0 Å². The van der Waals surface area contributed by atoms with Gasteiger partial charge in [-0.15, -0.1) is 0 Å². The second-order valence-corrected chi connectivity index (χ2v) is 5.40. The van der Waals surface area contributed by atoms with Crippen molar-refractivity contribution in [2.24, 2.45) is 11.7 Å². The summed E-state index contributed by atoms with van der Waals surface area (Å²) in [7, 11) is 0. The topological polar surface area (TPSA) is 42.1 Å². The standard InChI is InChI=1S/C14H21N3S/c1-2-11-4-3-8-17(9-7-11)12-5-6-13(14(15)18)16-10-12/h5-6,10-11H,2-4,7-9H2,1H3,(H2,15,18). The van der Waals surface area contributed by atoms with Crippen molar-refractivity contribution in [1.29, 1.82) is 0 Å². The Morgan fingerprint density at radius 1 is 1.44 bits per heavy atom. The first-order valence-corrected chi connectivity index (χ1v) is 7.12. The summed E-state index contributed by atoms with van der Waals surface area (Å²) >= 11 is 4.92. The largest absolute Gasteiger partial charge is 0.388 e. The van der Waals surface area contributed by atoms with Gasteiger partial charge in [-0.1, -0.05) is 25.6 Å². The molecule has 98 valence electrons. The number of aromatic nitrogens is 1. The lowest BCUT2D eigenvalue weighted by molar-refractivity contribution is 0.459. The van der Waals surface area contributed by atoms with E-state index < -0.39 is 0 Å². The third kappa shape index (κ3) is 3.19. The normalized spacial score (nSPS) is 20.5. The van der Waals surface area contributed by atoms with Crippen LogP contribution >= 0.6 is 12.2 Å². The maximum absolute atomic E-state index is 5.56. The van der Waals surface area contributed by atoms with E-state index >= 15 is 0 Å². The van der Waals surface area contributed by atoms with E-state index in [1.807, 2.05) is 12.3 Å². The van der Waals surface area contributed by atoms with Crippen LogP contribution < -0.4 is 10.6 Å². The Bertz CT molecular complexity index is 402. The quantitative estimate of drug-likeness (QED) is 0.852. The molecule has 0 spiro atoms. The lowest BCUT2D eigenvalue weighted by Crippen LogP contribution is -2.24. The van der Waals surface area contributed by atoms with Crippen LogP contribution in [0.3, 0.4) is 0 Å². The smallest absolute Gasteiger partial charge is 0.122 e. The number of thiocarbonyl (C=S) groups is 1. The van der Waals surface area contributed by atoms with Crippen molar-refractivity contribution in [3.8, 4) is 0 Å². The van der Waals surface area contributed by atoms with E-state index in [-0.39, 0.29) is 0 Å². The predicted octanol–water partition coefficient (Wildman–Crippen LogP) is 2.73. The van der Waals surface area contributed by atoms with E-state index in [2.05, 4.69) is 22.9 Å². The number of rotatable bonds is 3. The predicted molar refractivity (Wildman–Crippen MR) is 80.0 cm³/mol. The molecule has 2 heterocycles. The van der Waals surface area contributed by atoms with Crippen LogP contribution in [0.4, 0.5) is 5.69 Å². The van der Waals surface area contributed by atoms with Crippen LogP contribution in [0, 0.1) is 5.92 Å². The molecule has 0 aliphatic carbocycles. The molecule has 1 saturated heterocycles. The Morgan fingerprint density at radius 3 is 2.89 bits per heavy atom. The molecule has 1 atom stereocenters. The molecule has 2 N–H and O–H groups in total. The molecule has 0 saturated carbocycles. The fraction of sp³-hybridized carbons (Fsp3) is 0.571. The Balaban J connectivity index is 2.04. The van der Waals surface area contributed by atoms with Gasteiger partial charge in [-0.05, 0) is 37.3 Å². The number of anilines is 1. The minimum Gasteiger partial charge on any atom is -0.388 e. The summed E-state index contributed by atoms with van der Waals surface area (Å²) in [5.74, 6) is 0.888. The molecular formula is C14H21N3S. The van der Waals surface area contributed by atoms with Gasteiger partial charge in [-0.2, -0.15) is 0 Å². The average Bonchev–Trinajstić information content (AvgIpc) is 2.64. The van der Waals surface area contributed by atoms with Gasteiger partial charge < -0.3 is 10.6 Å². The van der Waals surface area contributed by atoms with Crippen LogP contribution in [0.2, 0.25) is 0 Å². The zero-order valence-electron chi connectivity index (χ0n) is 10.9. The summed E-state index contributed by atoms with van der Waals surface area (Å²) in [6, 6.07) is 3.99. The molecule has 4 heteroatoms. The van der Waals surface area contributed by atoms with Gasteiger partial charge in [0.25, 0.3) is 0 Å². The SMILES string of the molecule is CCC1CCCN(c2ccc(C(N)=S)nc2)CC1. The number of nitrogens with two attached hydrogens (primary N) is 1. The monoisotopic (exact) mass is 263 g/mol. The molecule has 0 aromatic carbocycles. The van der Waals surface area contributed by atoms with Crippen LogP contribution in [0.15, 0.2) is 18.3 Å². The molecular weight excluding hydrogens is 242 g/mol. The number of pyridine rings is 1. The second kappa shape index (κ2) is 6.14. The number of hydrogen-bond donors (Lipinski definition) is 1. The number of nitrogens with zero attached hydrogens (tertiary/aromatic N) is 2. The molecule has 0 bridgehead atoms. The molecule has 2 rings (SSSR count). The molecule has 1 fully saturated rings. The summed E-state index contributed by atoms with van der Waals surface area (Å²) in [6.45, 7) is 4.55. The highest BCUT2D eigenvalue weighted by Crippen LogP contribution is 2.24. The van der Waals surface area contributed by atoms with Crippen molar-refractivity contribution in [3.05, 3.63) is 24.0 Å². The molecule has 0 radical (unpaired) electrons. The van der Waals surface area contributed by atoms with Crippen molar-refractivity contribution >= 4 is 22.9 Å². The molecule has 1 aliphatic rings. The highest BCUT2D eigenvalue weighted by Gasteiger charge is 2.16. The van der Waals surface area contributed by atoms with Crippen molar-refractivity contribution in [3.63, 3.8) is 0 Å². The minimum atomic E-state index is 0.364. The molecule has 1 aromatic rings. The fourth-order valence-electron chi connectivity index (χ4n) is 2.55. The lowest BCUT2D eigenvalue weighted by Gasteiger charge is -2.22. The Labute approximate surface area is 114 Å². The summed E-state index contributed by atoms with van der Waals surface area (Å²) in [5.41, 5.74) is 7.45. The number of hydrogen-bond acceptors (Lipinski definition) is 3. The third-order valence-corrected chi connectivity index (χ3v) is 4.00. The molecule has 3 nitrogen and oxygen atoms in total. The molecule has 1 aromatic heterocycles. The first-order valence-electron chi connectivity index (χ1n) is 6.71. The summed E-state index contributed by atoms with van der Waals surface area (Å²) < 4.78 is 0. The van der Waals surface area contributed by atoms with Crippen LogP contribution in [-0.4, -0.2) is 23.1 Å². The van der Waals surface area contributed by atoms with Crippen LogP contribution in [-0.2, 0) is 0 Å². The second-order valence-electron chi connectivity index (χ2n) is 4.96. The van der Waals surface area contributed by atoms with Crippen molar-refractivity contribution in [2.75, 3.05) is 18.0 Å². The zero-order chi connectivity index (χ0) is 13.0. The van der Waals surface area contributed by atoms with Crippen molar-refractivity contribution in [2.45, 2.75) is 32.6 Å². The van der Waals surface area contributed by atoms with E-state index in [9.17, 15) is 0 Å². The van der Waals surface area contributed by atoms with Crippen LogP contribution in [0.1, 0.15) is 38.3 Å². The highest BCUT2D eigenvalue weighted by molar-refractivity contribution is 7.80. The van der Waals surface area contributed by atoms with E-state index in [1.54, 1.807) is 0 Å². The van der Waals surface area contributed by atoms with E-state index in [4.69, 9.17) is 18.0 Å². The summed E-state index contributed by atoms with van der Waals surface area (Å²) in [5, 5.41) is 0. The Hall–Kier alpha value is -1.16. The van der Waals surface area contributed by atoms with Gasteiger partial charge in [-0.3, -0.25) is 4.98 Å². The van der Waals surface area contributed by atoms with Crippen molar-refractivity contribution < 1.29 is 0 Å². The lowest BCUT2D eigenvalue weighted by atomic mass is 9.98. The van der Waals surface area contributed by atoms with E-state index in [1.165, 1.54) is 31.4 Å². The highest BCUT2D eigenvalue weighted by atomic mass is 32.1. The van der Waals surface area contributed by atoms with Gasteiger partial charge in [0.2, 0.25) is 0 Å². The summed E-state index contributed by atoms with van der Waals surface area (Å²) in [6.07, 6.45) is 7.10. The fourth-order valence-corrected chi connectivity index (χ4v) is 2.67. The van der Waals surface area contributed by atoms with Gasteiger partial charge in [0, 0.05) is 13.1 Å². The van der Waals surface area contributed by atoms with Crippen molar-refractivity contribution in [1.82, 2.24) is 4.98 Å². The maximum atomic E-state index is 5.56. The van der Waals surface area contributed by atoms with Gasteiger partial charge in [0.1, 0.15) is 4.99 Å². The molecule has 0 amide bonds. The van der Waals surface area contributed by atoms with Gasteiger partial charge in [0.15, 0.2) is 0 Å². The van der Waals surface area contributed by atoms with E-state index in [0.717, 1.165) is 19.0 Å². The molecule has 1 aliphatic heterocycles. The Kier molecular flexibility index (Phi) is 4.53. The van der Waals surface area contributed by atoms with Gasteiger partial charge in [0.05, 0.1) is 17.6 Å². The van der Waals surface area contributed by atoms with Gasteiger partial charge >= 0.3 is 0 Å². The van der Waals surface area contributed by atoms with Crippen LogP contribution in [0.25, 0.3) is 0 Å². The first-order chi connectivity index (χ1) is 8.70. The zero-order valence-corrected chi connectivity index (χ0v) is 11.7. The maximum Gasteiger partial charge on any atom is 0.122 e. The van der Waals surface area contributed by atoms with E-state index in [0.29, 0.717) is 10.7 Å². The third-order valence-electron chi connectivity index (χ3n) is 3.79. The summed E-state index contributed by atoms with van der Waals surface area (Å²) in [4.78, 5) is 7.10. The Morgan fingerprint density at radius 2 is 2.28 bits per heavy atom.